The van der Waals surface area contributed by atoms with Gasteiger partial charge in [-0.25, -0.2) is 4.39 Å². The van der Waals surface area contributed by atoms with Crippen LogP contribution in [0.15, 0.2) is 48.5 Å². The Kier molecular flexibility index (Phi) is 4.25. The Labute approximate surface area is 138 Å². The van der Waals surface area contributed by atoms with Gasteiger partial charge < -0.3 is 0 Å². The average molecular weight is 325 g/mol. The minimum atomic E-state index is -0.809. The van der Waals surface area contributed by atoms with Crippen molar-refractivity contribution in [2.24, 2.45) is 0 Å². The zero-order chi connectivity index (χ0) is 17.3. The molecule has 1 saturated heterocycles. The first-order valence-electron chi connectivity index (χ1n) is 7.66. The summed E-state index contributed by atoms with van der Waals surface area (Å²) in [5, 5.41) is 0. The molecule has 0 spiro atoms. The first-order chi connectivity index (χ1) is 11.5. The summed E-state index contributed by atoms with van der Waals surface area (Å²) in [5.41, 5.74) is 1.02. The van der Waals surface area contributed by atoms with Crippen LogP contribution in [0.1, 0.15) is 40.7 Å². The van der Waals surface area contributed by atoms with E-state index in [1.807, 2.05) is 30.3 Å². The van der Waals surface area contributed by atoms with Crippen LogP contribution in [0, 0.1) is 5.82 Å². The summed E-state index contributed by atoms with van der Waals surface area (Å²) in [7, 11) is 0. The van der Waals surface area contributed by atoms with E-state index in [1.54, 1.807) is 6.07 Å². The fourth-order valence-electron chi connectivity index (χ4n) is 3.06. The maximum atomic E-state index is 14.0. The zero-order valence-electron chi connectivity index (χ0n) is 13.2. The molecule has 1 aliphatic heterocycles. The largest absolute Gasteiger partial charge is 0.294 e. The first-order valence-corrected chi connectivity index (χ1v) is 7.66. The van der Waals surface area contributed by atoms with E-state index in [0.717, 1.165) is 5.56 Å². The molecule has 24 heavy (non-hydrogen) atoms. The predicted molar refractivity (Wildman–Crippen MR) is 85.8 cm³/mol. The van der Waals surface area contributed by atoms with E-state index in [-0.39, 0.29) is 30.0 Å². The highest BCUT2D eigenvalue weighted by Gasteiger charge is 2.41. The molecule has 3 rings (SSSR count). The van der Waals surface area contributed by atoms with Crippen LogP contribution in [-0.4, -0.2) is 22.5 Å². The molecular weight excluding hydrogens is 309 g/mol. The van der Waals surface area contributed by atoms with Gasteiger partial charge in [0, 0.05) is 6.42 Å². The summed E-state index contributed by atoms with van der Waals surface area (Å²) >= 11 is 0. The zero-order valence-corrected chi connectivity index (χ0v) is 13.2. The first kappa shape index (κ1) is 16.1. The van der Waals surface area contributed by atoms with Crippen LogP contribution in [-0.2, 0) is 16.1 Å². The van der Waals surface area contributed by atoms with E-state index >= 15 is 0 Å². The van der Waals surface area contributed by atoms with Crippen molar-refractivity contribution in [2.75, 3.05) is 0 Å². The van der Waals surface area contributed by atoms with Crippen molar-refractivity contribution in [3.63, 3.8) is 0 Å². The van der Waals surface area contributed by atoms with Gasteiger partial charge in [0.15, 0.2) is 5.78 Å². The molecule has 2 amide bonds. The van der Waals surface area contributed by atoms with Gasteiger partial charge in [-0.15, -0.1) is 0 Å². The molecule has 0 saturated carbocycles. The molecule has 2 aromatic carbocycles. The molecule has 0 radical (unpaired) electrons. The van der Waals surface area contributed by atoms with Crippen molar-refractivity contribution >= 4 is 17.6 Å². The molecule has 1 fully saturated rings. The van der Waals surface area contributed by atoms with Crippen molar-refractivity contribution < 1.29 is 18.8 Å². The molecule has 1 heterocycles. The highest BCUT2D eigenvalue weighted by atomic mass is 19.1. The van der Waals surface area contributed by atoms with Gasteiger partial charge in [-0.05, 0) is 24.1 Å². The molecule has 5 heteroatoms. The number of carbonyl (C=O) groups excluding carboxylic acids is 3. The smallest absolute Gasteiger partial charge is 0.237 e. The second-order valence-electron chi connectivity index (χ2n) is 5.82. The summed E-state index contributed by atoms with van der Waals surface area (Å²) in [4.78, 5) is 37.9. The van der Waals surface area contributed by atoms with E-state index in [2.05, 4.69) is 0 Å². The summed E-state index contributed by atoms with van der Waals surface area (Å²) < 4.78 is 14.0. The van der Waals surface area contributed by atoms with E-state index in [0.29, 0.717) is 0 Å². The van der Waals surface area contributed by atoms with Crippen molar-refractivity contribution in [3.8, 4) is 0 Å². The standard InChI is InChI=1S/C19H16FNO3/c1-12(22)18-14(8-5-9-16(18)20)15-10-17(23)21(19(15)24)11-13-6-3-2-4-7-13/h2-9,15H,10-11H2,1H3. The number of hydrogen-bond acceptors (Lipinski definition) is 3. The number of hydrogen-bond donors (Lipinski definition) is 0. The van der Waals surface area contributed by atoms with Gasteiger partial charge in [-0.3, -0.25) is 19.3 Å². The summed E-state index contributed by atoms with van der Waals surface area (Å²) in [6, 6.07) is 13.4. The maximum Gasteiger partial charge on any atom is 0.237 e. The quantitative estimate of drug-likeness (QED) is 0.641. The third-order valence-corrected chi connectivity index (χ3v) is 4.20. The fourth-order valence-corrected chi connectivity index (χ4v) is 3.06. The van der Waals surface area contributed by atoms with Gasteiger partial charge in [0.1, 0.15) is 5.82 Å². The molecule has 0 aromatic heterocycles. The Bertz CT molecular complexity index is 817. The molecule has 0 aliphatic carbocycles. The van der Waals surface area contributed by atoms with Crippen LogP contribution in [0.5, 0.6) is 0 Å². The highest BCUT2D eigenvalue weighted by molar-refractivity contribution is 6.08. The molecule has 0 bridgehead atoms. The predicted octanol–water partition coefficient (Wildman–Crippen LogP) is 3.07. The number of likely N-dealkylation sites (tertiary alicyclic amines) is 1. The van der Waals surface area contributed by atoms with Crippen molar-refractivity contribution in [1.82, 2.24) is 4.90 Å². The Morgan fingerprint density at radius 1 is 1.12 bits per heavy atom. The normalized spacial score (nSPS) is 17.4. The highest BCUT2D eigenvalue weighted by Crippen LogP contribution is 2.33. The van der Waals surface area contributed by atoms with Crippen molar-refractivity contribution in [3.05, 3.63) is 71.0 Å². The second kappa shape index (κ2) is 6.35. The van der Waals surface area contributed by atoms with Gasteiger partial charge in [0.25, 0.3) is 0 Å². The second-order valence-corrected chi connectivity index (χ2v) is 5.82. The van der Waals surface area contributed by atoms with E-state index in [1.165, 1.54) is 24.0 Å². The lowest BCUT2D eigenvalue weighted by molar-refractivity contribution is -0.139. The van der Waals surface area contributed by atoms with Crippen LogP contribution in [0.2, 0.25) is 0 Å². The fraction of sp³-hybridized carbons (Fsp3) is 0.211. The van der Waals surface area contributed by atoms with E-state index in [4.69, 9.17) is 0 Å². The molecular formula is C19H16FNO3. The average Bonchev–Trinajstić information content (AvgIpc) is 2.83. The van der Waals surface area contributed by atoms with Crippen LogP contribution in [0.25, 0.3) is 0 Å². The molecule has 122 valence electrons. The number of nitrogens with zero attached hydrogens (tertiary/aromatic N) is 1. The maximum absolute atomic E-state index is 14.0. The topological polar surface area (TPSA) is 54.5 Å². The Hall–Kier alpha value is -2.82. The van der Waals surface area contributed by atoms with Gasteiger partial charge >= 0.3 is 0 Å². The SMILES string of the molecule is CC(=O)c1c(F)cccc1C1CC(=O)N(Cc2ccccc2)C1=O. The lowest BCUT2D eigenvalue weighted by Crippen LogP contribution is -2.30. The van der Waals surface area contributed by atoms with Gasteiger partial charge in [0.2, 0.25) is 11.8 Å². The van der Waals surface area contributed by atoms with Crippen LogP contribution in [0.3, 0.4) is 0 Å². The number of carbonyl (C=O) groups is 3. The van der Waals surface area contributed by atoms with Gasteiger partial charge in [-0.1, -0.05) is 42.5 Å². The Morgan fingerprint density at radius 2 is 1.83 bits per heavy atom. The van der Waals surface area contributed by atoms with Crippen molar-refractivity contribution in [1.29, 1.82) is 0 Å². The lowest BCUT2D eigenvalue weighted by Gasteiger charge is -2.16. The Balaban J connectivity index is 1.93. The molecule has 4 nitrogen and oxygen atoms in total. The summed E-state index contributed by atoms with van der Waals surface area (Å²) in [6.07, 6.45) is -0.0462. The minimum Gasteiger partial charge on any atom is -0.294 e. The number of benzene rings is 2. The third kappa shape index (κ3) is 2.85. The molecule has 0 N–H and O–H groups in total. The van der Waals surface area contributed by atoms with E-state index in [9.17, 15) is 18.8 Å². The number of Topliss-reactive ketones (excluding diaryl/α,β-unsaturated/α-hetero) is 1. The number of imide groups is 1. The van der Waals surface area contributed by atoms with Gasteiger partial charge in [0.05, 0.1) is 18.0 Å². The summed E-state index contributed by atoms with van der Waals surface area (Å²) in [5.74, 6) is -2.63. The number of ketones is 1. The third-order valence-electron chi connectivity index (χ3n) is 4.20. The number of amides is 2. The minimum absolute atomic E-state index is 0.0462. The van der Waals surface area contributed by atoms with Crippen LogP contribution >= 0.6 is 0 Å². The van der Waals surface area contributed by atoms with Crippen LogP contribution < -0.4 is 0 Å². The molecule has 1 atom stereocenters. The molecule has 1 unspecified atom stereocenters. The van der Waals surface area contributed by atoms with Crippen LogP contribution in [0.4, 0.5) is 4.39 Å². The number of halogens is 1. The van der Waals surface area contributed by atoms with Crippen molar-refractivity contribution in [2.45, 2.75) is 25.8 Å². The monoisotopic (exact) mass is 325 g/mol. The molecule has 1 aliphatic rings. The number of rotatable bonds is 4. The van der Waals surface area contributed by atoms with E-state index < -0.39 is 23.4 Å². The molecule has 2 aromatic rings. The Morgan fingerprint density at radius 3 is 2.50 bits per heavy atom. The summed E-state index contributed by atoms with van der Waals surface area (Å²) in [6.45, 7) is 1.44. The lowest BCUT2D eigenvalue weighted by atomic mass is 9.91. The van der Waals surface area contributed by atoms with Gasteiger partial charge in [-0.2, -0.15) is 0 Å².